The summed E-state index contributed by atoms with van der Waals surface area (Å²) in [6, 6.07) is -0.161. The average Bonchev–Trinajstić information content (AvgIpc) is 3.12. The van der Waals surface area contributed by atoms with Crippen molar-refractivity contribution in [3.8, 4) is 0 Å². The van der Waals surface area contributed by atoms with Gasteiger partial charge in [-0.25, -0.2) is 4.98 Å². The number of nitrogens with zero attached hydrogens (tertiary/aromatic N) is 3. The van der Waals surface area contributed by atoms with Crippen LogP contribution in [-0.2, 0) is 4.79 Å². The third kappa shape index (κ3) is 3.10. The number of rotatable bonds is 6. The lowest BCUT2D eigenvalue weighted by Gasteiger charge is -2.25. The Bertz CT molecular complexity index is 481. The van der Waals surface area contributed by atoms with Gasteiger partial charge in [-0.05, 0) is 26.2 Å². The van der Waals surface area contributed by atoms with Gasteiger partial charge in [0.2, 0.25) is 5.82 Å². The van der Waals surface area contributed by atoms with E-state index in [4.69, 9.17) is 5.11 Å². The normalized spacial score (nSPS) is 16.1. The molecule has 1 atom stereocenters. The summed E-state index contributed by atoms with van der Waals surface area (Å²) in [5.74, 6) is -0.302. The Morgan fingerprint density at radius 2 is 2.21 bits per heavy atom. The number of carbonyl (C=O) groups excluding carboxylic acids is 1. The number of aromatic amines is 1. The van der Waals surface area contributed by atoms with E-state index in [1.165, 1.54) is 4.90 Å². The summed E-state index contributed by atoms with van der Waals surface area (Å²) >= 11 is 0. The van der Waals surface area contributed by atoms with Gasteiger partial charge in [0.25, 0.3) is 5.91 Å². The molecule has 0 saturated heterocycles. The second-order valence-corrected chi connectivity index (χ2v) is 4.90. The van der Waals surface area contributed by atoms with Crippen molar-refractivity contribution >= 4 is 11.9 Å². The molecule has 1 heterocycles. The number of carboxylic acid groups (broad SMARTS) is 1. The molecule has 1 aliphatic rings. The van der Waals surface area contributed by atoms with Crippen LogP contribution in [0.3, 0.4) is 0 Å². The highest BCUT2D eigenvalue weighted by Crippen LogP contribution is 2.37. The zero-order valence-electron chi connectivity index (χ0n) is 11.1. The number of carboxylic acids is 1. The SMILES string of the molecule is CCC(C)N(CC(=O)O)C(=O)c1n[nH]c(C2CC2)n1. The van der Waals surface area contributed by atoms with E-state index in [2.05, 4.69) is 15.2 Å². The van der Waals surface area contributed by atoms with Crippen molar-refractivity contribution in [1.82, 2.24) is 20.1 Å². The van der Waals surface area contributed by atoms with Crippen LogP contribution >= 0.6 is 0 Å². The number of amides is 1. The van der Waals surface area contributed by atoms with E-state index in [1.54, 1.807) is 0 Å². The minimum atomic E-state index is -1.04. The number of hydrogen-bond acceptors (Lipinski definition) is 4. The molecule has 0 radical (unpaired) electrons. The number of aliphatic carboxylic acids is 1. The zero-order valence-corrected chi connectivity index (χ0v) is 11.1. The molecule has 2 rings (SSSR count). The average molecular weight is 266 g/mol. The van der Waals surface area contributed by atoms with Gasteiger partial charge in [0.1, 0.15) is 12.4 Å². The summed E-state index contributed by atoms with van der Waals surface area (Å²) in [7, 11) is 0. The van der Waals surface area contributed by atoms with Gasteiger partial charge in [0.05, 0.1) is 0 Å². The van der Waals surface area contributed by atoms with Gasteiger partial charge in [-0.2, -0.15) is 0 Å². The second kappa shape index (κ2) is 5.38. The molecule has 1 fully saturated rings. The highest BCUT2D eigenvalue weighted by molar-refractivity contribution is 5.92. The quantitative estimate of drug-likeness (QED) is 0.800. The largest absolute Gasteiger partial charge is 0.480 e. The molecule has 7 heteroatoms. The standard InChI is InChI=1S/C12H18N4O3/c1-3-7(2)16(6-9(17)18)12(19)11-13-10(14-15-11)8-4-5-8/h7-8H,3-6H2,1-2H3,(H,17,18)(H,13,14,15). The molecule has 1 aliphatic carbocycles. The van der Waals surface area contributed by atoms with Gasteiger partial charge < -0.3 is 10.0 Å². The first-order valence-corrected chi connectivity index (χ1v) is 6.48. The molecular formula is C12H18N4O3. The zero-order chi connectivity index (χ0) is 14.0. The number of hydrogen-bond donors (Lipinski definition) is 2. The third-order valence-electron chi connectivity index (χ3n) is 3.35. The second-order valence-electron chi connectivity index (χ2n) is 4.90. The summed E-state index contributed by atoms with van der Waals surface area (Å²) in [6.07, 6.45) is 2.80. The van der Waals surface area contributed by atoms with Crippen LogP contribution in [0.25, 0.3) is 0 Å². The Balaban J connectivity index is 2.14. The molecule has 0 aromatic carbocycles. The molecule has 1 unspecified atom stereocenters. The van der Waals surface area contributed by atoms with Crippen LogP contribution in [0.1, 0.15) is 55.5 Å². The fourth-order valence-electron chi connectivity index (χ4n) is 1.83. The van der Waals surface area contributed by atoms with Crippen LogP contribution < -0.4 is 0 Å². The first kappa shape index (κ1) is 13.5. The highest BCUT2D eigenvalue weighted by atomic mass is 16.4. The van der Waals surface area contributed by atoms with E-state index in [0.717, 1.165) is 18.7 Å². The van der Waals surface area contributed by atoms with E-state index in [0.29, 0.717) is 12.3 Å². The smallest absolute Gasteiger partial charge is 0.323 e. The van der Waals surface area contributed by atoms with E-state index in [-0.39, 0.29) is 18.4 Å². The molecule has 1 aromatic rings. The van der Waals surface area contributed by atoms with Gasteiger partial charge >= 0.3 is 5.97 Å². The van der Waals surface area contributed by atoms with Crippen LogP contribution in [-0.4, -0.2) is 49.7 Å². The lowest BCUT2D eigenvalue weighted by atomic mass is 10.2. The summed E-state index contributed by atoms with van der Waals surface area (Å²) < 4.78 is 0. The molecule has 19 heavy (non-hydrogen) atoms. The summed E-state index contributed by atoms with van der Waals surface area (Å²) in [4.78, 5) is 28.6. The fourth-order valence-corrected chi connectivity index (χ4v) is 1.83. The lowest BCUT2D eigenvalue weighted by molar-refractivity contribution is -0.138. The number of nitrogens with one attached hydrogen (secondary N) is 1. The predicted molar refractivity (Wildman–Crippen MR) is 66.8 cm³/mol. The van der Waals surface area contributed by atoms with Crippen molar-refractivity contribution < 1.29 is 14.7 Å². The highest BCUT2D eigenvalue weighted by Gasteiger charge is 2.30. The Hall–Kier alpha value is -1.92. The van der Waals surface area contributed by atoms with Crippen molar-refractivity contribution in [3.63, 3.8) is 0 Å². The molecule has 0 aliphatic heterocycles. The minimum absolute atomic E-state index is 0.0588. The monoisotopic (exact) mass is 266 g/mol. The first-order chi connectivity index (χ1) is 9.02. The van der Waals surface area contributed by atoms with Crippen molar-refractivity contribution in [2.75, 3.05) is 6.54 Å². The maximum atomic E-state index is 12.3. The molecule has 7 nitrogen and oxygen atoms in total. The Morgan fingerprint density at radius 3 is 2.74 bits per heavy atom. The van der Waals surface area contributed by atoms with Gasteiger partial charge in [0.15, 0.2) is 0 Å². The van der Waals surface area contributed by atoms with Crippen LogP contribution in [0.15, 0.2) is 0 Å². The molecule has 1 aromatic heterocycles. The van der Waals surface area contributed by atoms with E-state index >= 15 is 0 Å². The van der Waals surface area contributed by atoms with Crippen molar-refractivity contribution in [2.24, 2.45) is 0 Å². The molecular weight excluding hydrogens is 248 g/mol. The summed E-state index contributed by atoms with van der Waals surface area (Å²) in [5.41, 5.74) is 0. The van der Waals surface area contributed by atoms with Crippen molar-refractivity contribution in [2.45, 2.75) is 45.1 Å². The third-order valence-corrected chi connectivity index (χ3v) is 3.35. The topological polar surface area (TPSA) is 99.2 Å². The molecule has 0 spiro atoms. The predicted octanol–water partition coefficient (Wildman–Crippen LogP) is 1.01. The molecule has 1 saturated carbocycles. The van der Waals surface area contributed by atoms with E-state index in [1.807, 2.05) is 13.8 Å². The lowest BCUT2D eigenvalue weighted by Crippen LogP contribution is -2.42. The first-order valence-electron chi connectivity index (χ1n) is 6.48. The van der Waals surface area contributed by atoms with Crippen LogP contribution in [0, 0.1) is 0 Å². The van der Waals surface area contributed by atoms with Gasteiger partial charge in [-0.1, -0.05) is 6.92 Å². The van der Waals surface area contributed by atoms with E-state index < -0.39 is 11.9 Å². The van der Waals surface area contributed by atoms with Gasteiger partial charge in [-0.15, -0.1) is 5.10 Å². The van der Waals surface area contributed by atoms with Crippen molar-refractivity contribution in [3.05, 3.63) is 11.6 Å². The Kier molecular flexibility index (Phi) is 3.82. The molecule has 0 bridgehead atoms. The number of aromatic nitrogens is 3. The molecule has 104 valence electrons. The Morgan fingerprint density at radius 1 is 1.53 bits per heavy atom. The molecule has 2 N–H and O–H groups in total. The maximum Gasteiger partial charge on any atom is 0.323 e. The van der Waals surface area contributed by atoms with Crippen LogP contribution in [0.2, 0.25) is 0 Å². The molecule has 1 amide bonds. The number of carbonyl (C=O) groups is 2. The summed E-state index contributed by atoms with van der Waals surface area (Å²) in [5, 5.41) is 15.5. The fraction of sp³-hybridized carbons (Fsp3) is 0.667. The minimum Gasteiger partial charge on any atom is -0.480 e. The van der Waals surface area contributed by atoms with Crippen molar-refractivity contribution in [1.29, 1.82) is 0 Å². The van der Waals surface area contributed by atoms with Crippen LogP contribution in [0.4, 0.5) is 0 Å². The van der Waals surface area contributed by atoms with E-state index in [9.17, 15) is 9.59 Å². The van der Waals surface area contributed by atoms with Crippen LogP contribution in [0.5, 0.6) is 0 Å². The van der Waals surface area contributed by atoms with Gasteiger partial charge in [0, 0.05) is 12.0 Å². The maximum absolute atomic E-state index is 12.3. The van der Waals surface area contributed by atoms with Gasteiger partial charge in [-0.3, -0.25) is 14.7 Å². The Labute approximate surface area is 111 Å². The summed E-state index contributed by atoms with van der Waals surface area (Å²) in [6.45, 7) is 3.39. The number of H-pyrrole nitrogens is 1.